The van der Waals surface area contributed by atoms with Crippen LogP contribution in [0.4, 0.5) is 9.59 Å². The van der Waals surface area contributed by atoms with E-state index in [2.05, 4.69) is 28.1 Å². The van der Waals surface area contributed by atoms with E-state index in [9.17, 15) is 24.3 Å². The second-order valence-corrected chi connectivity index (χ2v) is 10.4. The van der Waals surface area contributed by atoms with Crippen molar-refractivity contribution >= 4 is 24.1 Å². The normalized spacial score (nSPS) is 13.0. The van der Waals surface area contributed by atoms with Crippen LogP contribution >= 0.6 is 0 Å². The van der Waals surface area contributed by atoms with E-state index in [1.807, 2.05) is 36.4 Å². The van der Waals surface area contributed by atoms with Crippen LogP contribution in [0.3, 0.4) is 0 Å². The van der Waals surface area contributed by atoms with Gasteiger partial charge in [0.05, 0.1) is 0 Å². The number of fused-ring (bicyclic) bond motifs is 3. The second-order valence-electron chi connectivity index (χ2n) is 10.4. The number of hydrogen-bond acceptors (Lipinski definition) is 6. The number of amides is 3. The van der Waals surface area contributed by atoms with Crippen LogP contribution in [-0.2, 0) is 19.1 Å². The fourth-order valence-corrected chi connectivity index (χ4v) is 4.43. The lowest BCUT2D eigenvalue weighted by atomic mass is 9.98. The molecule has 0 aromatic heterocycles. The van der Waals surface area contributed by atoms with Gasteiger partial charge in [-0.05, 0) is 62.3 Å². The number of aliphatic carboxylic acids is 1. The number of rotatable bonds is 12. The number of hydrogen-bond donors (Lipinski definition) is 4. The Morgan fingerprint density at radius 3 is 2.05 bits per heavy atom. The van der Waals surface area contributed by atoms with Gasteiger partial charge in [0, 0.05) is 25.4 Å². The van der Waals surface area contributed by atoms with E-state index in [-0.39, 0.29) is 31.9 Å². The maximum atomic E-state index is 12.3. The van der Waals surface area contributed by atoms with Crippen LogP contribution in [0.5, 0.6) is 0 Å². The molecule has 0 radical (unpaired) electrons. The standard InChI is InChI=1S/C29H37N3O7/c1-29(2,3)39-28(37)30-16-9-8-14-24(26(34)35)32-25(33)15-17-31-27(36)38-18-23-21-12-6-4-10-19(21)20-11-5-7-13-22(20)23/h4-7,10-13,23-24H,8-9,14-18H2,1-3H3,(H,30,37)(H,31,36)(H,32,33)(H,34,35)/t24-/m1/s1. The Morgan fingerprint density at radius 1 is 0.872 bits per heavy atom. The average molecular weight is 540 g/mol. The molecular formula is C29H37N3O7. The third-order valence-corrected chi connectivity index (χ3v) is 6.19. The molecule has 2 aromatic carbocycles. The minimum atomic E-state index is -1.15. The lowest BCUT2D eigenvalue weighted by Gasteiger charge is -2.19. The fourth-order valence-electron chi connectivity index (χ4n) is 4.43. The summed E-state index contributed by atoms with van der Waals surface area (Å²) in [6.45, 7) is 5.80. The summed E-state index contributed by atoms with van der Waals surface area (Å²) >= 11 is 0. The molecule has 210 valence electrons. The van der Waals surface area contributed by atoms with E-state index in [0.29, 0.717) is 19.4 Å². The van der Waals surface area contributed by atoms with Crippen molar-refractivity contribution in [3.05, 3.63) is 59.7 Å². The van der Waals surface area contributed by atoms with Crippen molar-refractivity contribution in [2.24, 2.45) is 0 Å². The number of ether oxygens (including phenoxy) is 2. The van der Waals surface area contributed by atoms with Crippen molar-refractivity contribution in [1.82, 2.24) is 16.0 Å². The maximum Gasteiger partial charge on any atom is 0.407 e. The Hall–Kier alpha value is -4.08. The molecule has 0 fully saturated rings. The van der Waals surface area contributed by atoms with E-state index in [4.69, 9.17) is 9.47 Å². The SMILES string of the molecule is CC(C)(C)OC(=O)NCCCC[C@@H](NC(=O)CCNC(=O)OCC1c2ccccc2-c2ccccc21)C(=O)O. The zero-order valence-corrected chi connectivity index (χ0v) is 22.6. The topological polar surface area (TPSA) is 143 Å². The molecule has 39 heavy (non-hydrogen) atoms. The summed E-state index contributed by atoms with van der Waals surface area (Å²) in [5.41, 5.74) is 3.87. The number of alkyl carbamates (subject to hydrolysis) is 2. The van der Waals surface area contributed by atoms with Crippen molar-refractivity contribution < 1.29 is 33.8 Å². The Labute approximate surface area is 228 Å². The van der Waals surface area contributed by atoms with Crippen molar-refractivity contribution in [3.8, 4) is 11.1 Å². The number of nitrogens with one attached hydrogen (secondary N) is 3. The second kappa shape index (κ2) is 13.6. The minimum absolute atomic E-state index is 0.00859. The summed E-state index contributed by atoms with van der Waals surface area (Å²) in [4.78, 5) is 47.7. The molecule has 0 bridgehead atoms. The number of carbonyl (C=O) groups is 4. The highest BCUT2D eigenvalue weighted by Gasteiger charge is 2.29. The number of carboxylic acid groups (broad SMARTS) is 1. The summed E-state index contributed by atoms with van der Waals surface area (Å²) in [6, 6.07) is 15.0. The van der Waals surface area contributed by atoms with Crippen molar-refractivity contribution in [2.75, 3.05) is 19.7 Å². The first-order valence-electron chi connectivity index (χ1n) is 13.1. The largest absolute Gasteiger partial charge is 0.480 e. The molecule has 0 spiro atoms. The molecule has 1 atom stereocenters. The van der Waals surface area contributed by atoms with E-state index in [1.165, 1.54) is 0 Å². The number of carbonyl (C=O) groups excluding carboxylic acids is 3. The highest BCUT2D eigenvalue weighted by Crippen LogP contribution is 2.44. The quantitative estimate of drug-likeness (QED) is 0.296. The smallest absolute Gasteiger partial charge is 0.407 e. The molecule has 0 heterocycles. The van der Waals surface area contributed by atoms with E-state index in [0.717, 1.165) is 22.3 Å². The van der Waals surface area contributed by atoms with Gasteiger partial charge in [0.2, 0.25) is 5.91 Å². The molecule has 4 N–H and O–H groups in total. The van der Waals surface area contributed by atoms with Crippen molar-refractivity contribution in [2.45, 2.75) is 64.0 Å². The molecule has 2 aromatic rings. The first kappa shape index (κ1) is 29.5. The maximum absolute atomic E-state index is 12.3. The fraction of sp³-hybridized carbons (Fsp3) is 0.448. The first-order valence-corrected chi connectivity index (χ1v) is 13.1. The summed E-state index contributed by atoms with van der Waals surface area (Å²) < 4.78 is 10.6. The van der Waals surface area contributed by atoms with Gasteiger partial charge in [-0.2, -0.15) is 0 Å². The van der Waals surface area contributed by atoms with Gasteiger partial charge in [0.1, 0.15) is 18.2 Å². The van der Waals surface area contributed by atoms with Gasteiger partial charge in [-0.3, -0.25) is 4.79 Å². The monoisotopic (exact) mass is 539 g/mol. The van der Waals surface area contributed by atoms with E-state index >= 15 is 0 Å². The molecule has 3 amide bonds. The van der Waals surface area contributed by atoms with Gasteiger partial charge in [-0.15, -0.1) is 0 Å². The summed E-state index contributed by atoms with van der Waals surface area (Å²) in [5, 5.41) is 17.1. The lowest BCUT2D eigenvalue weighted by Crippen LogP contribution is -2.42. The molecular weight excluding hydrogens is 502 g/mol. The Balaban J connectivity index is 1.34. The molecule has 0 unspecified atom stereocenters. The first-order chi connectivity index (χ1) is 18.5. The summed E-state index contributed by atoms with van der Waals surface area (Å²) in [6.07, 6.45) is -0.0513. The summed E-state index contributed by atoms with van der Waals surface area (Å²) in [5.74, 6) is -1.71. The lowest BCUT2D eigenvalue weighted by molar-refractivity contribution is -0.142. The molecule has 0 saturated carbocycles. The minimum Gasteiger partial charge on any atom is -0.480 e. The number of carboxylic acids is 1. The van der Waals surface area contributed by atoms with Crippen molar-refractivity contribution in [1.29, 1.82) is 0 Å². The highest BCUT2D eigenvalue weighted by atomic mass is 16.6. The highest BCUT2D eigenvalue weighted by molar-refractivity contribution is 5.84. The van der Waals surface area contributed by atoms with Gasteiger partial charge < -0.3 is 30.5 Å². The van der Waals surface area contributed by atoms with Crippen LogP contribution < -0.4 is 16.0 Å². The van der Waals surface area contributed by atoms with Crippen LogP contribution in [0.25, 0.3) is 11.1 Å². The van der Waals surface area contributed by atoms with Gasteiger partial charge in [0.25, 0.3) is 0 Å². The summed E-state index contributed by atoms with van der Waals surface area (Å²) in [7, 11) is 0. The molecule has 10 nitrogen and oxygen atoms in total. The molecule has 3 rings (SSSR count). The number of benzene rings is 2. The third kappa shape index (κ3) is 9.01. The van der Waals surface area contributed by atoms with E-state index < -0.39 is 35.7 Å². The van der Waals surface area contributed by atoms with Crippen LogP contribution in [0.1, 0.15) is 63.5 Å². The predicted molar refractivity (Wildman–Crippen MR) is 145 cm³/mol. The molecule has 0 saturated heterocycles. The van der Waals surface area contributed by atoms with Crippen LogP contribution in [0.15, 0.2) is 48.5 Å². The average Bonchev–Trinajstić information content (AvgIpc) is 3.19. The number of unbranched alkanes of at least 4 members (excludes halogenated alkanes) is 1. The van der Waals surface area contributed by atoms with Gasteiger partial charge in [0.15, 0.2) is 0 Å². The third-order valence-electron chi connectivity index (χ3n) is 6.19. The van der Waals surface area contributed by atoms with Gasteiger partial charge in [-0.1, -0.05) is 48.5 Å². The van der Waals surface area contributed by atoms with Crippen LogP contribution in [0.2, 0.25) is 0 Å². The van der Waals surface area contributed by atoms with E-state index in [1.54, 1.807) is 20.8 Å². The van der Waals surface area contributed by atoms with Crippen LogP contribution in [0, 0.1) is 0 Å². The zero-order valence-electron chi connectivity index (χ0n) is 22.6. The van der Waals surface area contributed by atoms with Crippen molar-refractivity contribution in [3.63, 3.8) is 0 Å². The Kier molecular flexibility index (Phi) is 10.3. The Morgan fingerprint density at radius 2 is 1.46 bits per heavy atom. The van der Waals surface area contributed by atoms with Crippen LogP contribution in [-0.4, -0.2) is 60.5 Å². The van der Waals surface area contributed by atoms with Gasteiger partial charge >= 0.3 is 18.2 Å². The van der Waals surface area contributed by atoms with Gasteiger partial charge in [-0.25, -0.2) is 14.4 Å². The Bertz CT molecular complexity index is 1130. The molecule has 1 aliphatic rings. The molecule has 10 heteroatoms. The molecule has 1 aliphatic carbocycles. The predicted octanol–water partition coefficient (Wildman–Crippen LogP) is 4.18. The zero-order chi connectivity index (χ0) is 28.4. The molecule has 0 aliphatic heterocycles.